The van der Waals surface area contributed by atoms with Gasteiger partial charge < -0.3 is 15.3 Å². The Morgan fingerprint density at radius 3 is 3.05 bits per heavy atom. The maximum Gasteiger partial charge on any atom is 0.264 e. The molecule has 2 amide bonds. The van der Waals surface area contributed by atoms with E-state index in [0.717, 1.165) is 11.3 Å². The van der Waals surface area contributed by atoms with Gasteiger partial charge in [-0.2, -0.15) is 0 Å². The zero-order valence-corrected chi connectivity index (χ0v) is 12.7. The Balaban J connectivity index is 2.10. The predicted octanol–water partition coefficient (Wildman–Crippen LogP) is 0.833. The number of hydrogen-bond acceptors (Lipinski definition) is 4. The number of carbonyl (C=O) groups is 2. The standard InChI is InChI=1S/C15H18N2O3S/c1-16-14(19)12-6-4-9-17(12)15(20)13-8-7-11(21-13)5-2-3-10-18/h7-8,12,18H,3-4,6,9-10H2,1H3,(H,16,19). The number of carbonyl (C=O) groups excluding carboxylic acids is 2. The van der Waals surface area contributed by atoms with Gasteiger partial charge in [0.25, 0.3) is 5.91 Å². The Hall–Kier alpha value is -1.84. The van der Waals surface area contributed by atoms with Crippen molar-refractivity contribution < 1.29 is 14.7 Å². The van der Waals surface area contributed by atoms with Gasteiger partial charge in [-0.15, -0.1) is 11.3 Å². The quantitative estimate of drug-likeness (QED) is 0.813. The van der Waals surface area contributed by atoms with Crippen LogP contribution in [0.15, 0.2) is 12.1 Å². The Morgan fingerprint density at radius 1 is 1.52 bits per heavy atom. The fourth-order valence-corrected chi connectivity index (χ4v) is 3.15. The number of aliphatic hydroxyl groups excluding tert-OH is 1. The van der Waals surface area contributed by atoms with Crippen LogP contribution in [0.3, 0.4) is 0 Å². The van der Waals surface area contributed by atoms with E-state index in [0.29, 0.717) is 24.3 Å². The summed E-state index contributed by atoms with van der Waals surface area (Å²) in [6, 6.07) is 3.18. The molecule has 1 unspecified atom stereocenters. The van der Waals surface area contributed by atoms with Crippen molar-refractivity contribution in [3.05, 3.63) is 21.9 Å². The second-order valence-corrected chi connectivity index (χ2v) is 5.79. The molecule has 2 heterocycles. The molecule has 0 aliphatic carbocycles. The van der Waals surface area contributed by atoms with Gasteiger partial charge in [0, 0.05) is 20.0 Å². The minimum absolute atomic E-state index is 0.0335. The van der Waals surface area contributed by atoms with Crippen LogP contribution in [0.1, 0.15) is 33.8 Å². The molecule has 1 saturated heterocycles. The first-order chi connectivity index (χ1) is 10.2. The van der Waals surface area contributed by atoms with Gasteiger partial charge in [-0.1, -0.05) is 11.8 Å². The Kier molecular flexibility index (Phi) is 5.37. The van der Waals surface area contributed by atoms with Crippen molar-refractivity contribution in [2.75, 3.05) is 20.2 Å². The average molecular weight is 306 g/mol. The third-order valence-corrected chi connectivity index (χ3v) is 4.32. The van der Waals surface area contributed by atoms with Crippen LogP contribution in [0.2, 0.25) is 0 Å². The van der Waals surface area contributed by atoms with E-state index in [1.54, 1.807) is 24.1 Å². The van der Waals surface area contributed by atoms with E-state index in [1.807, 2.05) is 0 Å². The van der Waals surface area contributed by atoms with Gasteiger partial charge >= 0.3 is 0 Å². The molecular weight excluding hydrogens is 288 g/mol. The third kappa shape index (κ3) is 3.63. The summed E-state index contributed by atoms with van der Waals surface area (Å²) in [7, 11) is 1.59. The summed E-state index contributed by atoms with van der Waals surface area (Å²) < 4.78 is 0. The van der Waals surface area contributed by atoms with Crippen LogP contribution < -0.4 is 5.32 Å². The molecule has 0 bridgehead atoms. The number of likely N-dealkylation sites (N-methyl/N-ethyl adjacent to an activating group) is 1. The van der Waals surface area contributed by atoms with E-state index in [9.17, 15) is 9.59 Å². The molecular formula is C15H18N2O3S. The van der Waals surface area contributed by atoms with Crippen molar-refractivity contribution >= 4 is 23.2 Å². The molecule has 1 fully saturated rings. The number of likely N-dealkylation sites (tertiary alicyclic amines) is 1. The Labute approximate surface area is 128 Å². The zero-order chi connectivity index (χ0) is 15.2. The number of thiophene rings is 1. The minimum atomic E-state index is -0.367. The zero-order valence-electron chi connectivity index (χ0n) is 11.9. The van der Waals surface area contributed by atoms with Crippen LogP contribution >= 0.6 is 11.3 Å². The second kappa shape index (κ2) is 7.25. The molecule has 0 spiro atoms. The molecule has 21 heavy (non-hydrogen) atoms. The van der Waals surface area contributed by atoms with Crippen molar-refractivity contribution in [1.82, 2.24) is 10.2 Å². The highest BCUT2D eigenvalue weighted by Gasteiger charge is 2.34. The van der Waals surface area contributed by atoms with Crippen LogP contribution in [-0.2, 0) is 4.79 Å². The maximum atomic E-state index is 12.5. The molecule has 0 aromatic carbocycles. The van der Waals surface area contributed by atoms with Crippen LogP contribution in [0.4, 0.5) is 0 Å². The highest BCUT2D eigenvalue weighted by Crippen LogP contribution is 2.24. The van der Waals surface area contributed by atoms with Gasteiger partial charge in [-0.3, -0.25) is 9.59 Å². The van der Waals surface area contributed by atoms with Gasteiger partial charge in [0.15, 0.2) is 0 Å². The van der Waals surface area contributed by atoms with E-state index in [2.05, 4.69) is 17.2 Å². The number of nitrogens with zero attached hydrogens (tertiary/aromatic N) is 1. The fourth-order valence-electron chi connectivity index (χ4n) is 2.32. The monoisotopic (exact) mass is 306 g/mol. The van der Waals surface area contributed by atoms with Crippen LogP contribution in [0, 0.1) is 11.8 Å². The molecule has 1 atom stereocenters. The van der Waals surface area contributed by atoms with Crippen molar-refractivity contribution in [3.8, 4) is 11.8 Å². The van der Waals surface area contributed by atoms with Crippen molar-refractivity contribution in [3.63, 3.8) is 0 Å². The summed E-state index contributed by atoms with van der Waals surface area (Å²) in [5.74, 6) is 5.53. The molecule has 1 aliphatic heterocycles. The van der Waals surface area contributed by atoms with Gasteiger partial charge in [0.1, 0.15) is 6.04 Å². The predicted molar refractivity (Wildman–Crippen MR) is 81.0 cm³/mol. The molecule has 1 aliphatic rings. The molecule has 2 rings (SSSR count). The molecule has 6 heteroatoms. The topological polar surface area (TPSA) is 69.6 Å². The molecule has 1 aromatic heterocycles. The molecule has 1 aromatic rings. The summed E-state index contributed by atoms with van der Waals surface area (Å²) in [4.78, 5) is 27.3. The second-order valence-electron chi connectivity index (χ2n) is 4.71. The highest BCUT2D eigenvalue weighted by atomic mass is 32.1. The first-order valence-electron chi connectivity index (χ1n) is 6.89. The number of nitrogens with one attached hydrogen (secondary N) is 1. The highest BCUT2D eigenvalue weighted by molar-refractivity contribution is 7.14. The molecule has 112 valence electrons. The largest absolute Gasteiger partial charge is 0.395 e. The molecule has 0 radical (unpaired) electrons. The van der Waals surface area contributed by atoms with Crippen molar-refractivity contribution in [2.24, 2.45) is 0 Å². The van der Waals surface area contributed by atoms with Crippen LogP contribution in [0.5, 0.6) is 0 Å². The van der Waals surface area contributed by atoms with Gasteiger partial charge in [-0.05, 0) is 25.0 Å². The SMILES string of the molecule is CNC(=O)C1CCCN1C(=O)c1ccc(C#CCCO)s1. The minimum Gasteiger partial charge on any atom is -0.395 e. The number of hydrogen-bond donors (Lipinski definition) is 2. The fraction of sp³-hybridized carbons (Fsp3) is 0.467. The van der Waals surface area contributed by atoms with Crippen LogP contribution in [-0.4, -0.2) is 48.1 Å². The first-order valence-corrected chi connectivity index (χ1v) is 7.71. The molecule has 5 nitrogen and oxygen atoms in total. The lowest BCUT2D eigenvalue weighted by molar-refractivity contribution is -0.124. The summed E-state index contributed by atoms with van der Waals surface area (Å²) in [5.41, 5.74) is 0. The van der Waals surface area contributed by atoms with Crippen LogP contribution in [0.25, 0.3) is 0 Å². The average Bonchev–Trinajstić information content (AvgIpc) is 3.15. The summed E-state index contributed by atoms with van der Waals surface area (Å²) in [6.45, 7) is 0.645. The number of rotatable bonds is 3. The third-order valence-electron chi connectivity index (χ3n) is 3.33. The van der Waals surface area contributed by atoms with E-state index in [4.69, 9.17) is 5.11 Å². The number of aliphatic hydroxyl groups is 1. The van der Waals surface area contributed by atoms with Gasteiger partial charge in [0.2, 0.25) is 5.91 Å². The van der Waals surface area contributed by atoms with E-state index in [-0.39, 0.29) is 24.5 Å². The van der Waals surface area contributed by atoms with E-state index < -0.39 is 0 Å². The van der Waals surface area contributed by atoms with E-state index in [1.165, 1.54) is 11.3 Å². The lowest BCUT2D eigenvalue weighted by Crippen LogP contribution is -2.44. The summed E-state index contributed by atoms with van der Waals surface area (Å²) in [6.07, 6.45) is 1.98. The molecule has 2 N–H and O–H groups in total. The summed E-state index contributed by atoms with van der Waals surface area (Å²) in [5, 5.41) is 11.3. The van der Waals surface area contributed by atoms with Crippen molar-refractivity contribution in [1.29, 1.82) is 0 Å². The number of amides is 2. The van der Waals surface area contributed by atoms with E-state index >= 15 is 0 Å². The normalized spacial score (nSPS) is 17.2. The van der Waals surface area contributed by atoms with Crippen molar-refractivity contribution in [2.45, 2.75) is 25.3 Å². The first kappa shape index (κ1) is 15.5. The summed E-state index contributed by atoms with van der Waals surface area (Å²) >= 11 is 1.32. The smallest absolute Gasteiger partial charge is 0.264 e. The Morgan fingerprint density at radius 2 is 2.33 bits per heavy atom. The van der Waals surface area contributed by atoms with Gasteiger partial charge in [0.05, 0.1) is 16.4 Å². The lowest BCUT2D eigenvalue weighted by Gasteiger charge is -2.22. The molecule has 0 saturated carbocycles. The maximum absolute atomic E-state index is 12.5. The Bertz CT molecular complexity index is 585. The lowest BCUT2D eigenvalue weighted by atomic mass is 10.2. The van der Waals surface area contributed by atoms with Gasteiger partial charge in [-0.25, -0.2) is 0 Å².